The van der Waals surface area contributed by atoms with Gasteiger partial charge in [-0.3, -0.25) is 24.6 Å². The fourth-order valence-electron chi connectivity index (χ4n) is 4.74. The number of nitrogens with one attached hydrogen (secondary N) is 2. The van der Waals surface area contributed by atoms with Crippen molar-refractivity contribution in [2.24, 2.45) is 0 Å². The number of carbonyl (C=O) groups is 3. The molecule has 4 rings (SSSR count). The molecule has 0 saturated carbocycles. The average molecular weight is 413 g/mol. The first-order chi connectivity index (χ1) is 14.6. The summed E-state index contributed by atoms with van der Waals surface area (Å²) in [5.41, 5.74) is 2.21. The van der Waals surface area contributed by atoms with Crippen LogP contribution >= 0.6 is 0 Å². The quantitative estimate of drug-likeness (QED) is 0.724. The molecule has 1 aromatic rings. The van der Waals surface area contributed by atoms with Gasteiger partial charge < -0.3 is 10.2 Å². The minimum absolute atomic E-state index is 0.197. The number of amides is 3. The van der Waals surface area contributed by atoms with Crippen molar-refractivity contribution in [3.8, 4) is 0 Å². The normalized spacial score (nSPS) is 23.9. The zero-order chi connectivity index (χ0) is 20.9. The van der Waals surface area contributed by atoms with Crippen LogP contribution in [0.1, 0.15) is 56.4 Å². The highest BCUT2D eigenvalue weighted by Crippen LogP contribution is 2.29. The van der Waals surface area contributed by atoms with Crippen LogP contribution in [0.25, 0.3) is 0 Å². The van der Waals surface area contributed by atoms with Crippen molar-refractivity contribution < 1.29 is 14.4 Å². The fourth-order valence-corrected chi connectivity index (χ4v) is 4.74. The van der Waals surface area contributed by atoms with Gasteiger partial charge in [0.2, 0.25) is 17.7 Å². The second-order valence-corrected chi connectivity index (χ2v) is 8.76. The molecule has 2 N–H and O–H groups in total. The molecular formula is C23H32N4O3. The summed E-state index contributed by atoms with van der Waals surface area (Å²) in [5, 5.41) is 5.61. The highest BCUT2D eigenvalue weighted by molar-refractivity contribution is 6.01. The van der Waals surface area contributed by atoms with Gasteiger partial charge >= 0.3 is 0 Å². The first-order valence-corrected chi connectivity index (χ1v) is 11.3. The Hall–Kier alpha value is -2.41. The number of hydrogen-bond donors (Lipinski definition) is 2. The molecule has 0 radical (unpaired) electrons. The van der Waals surface area contributed by atoms with Crippen molar-refractivity contribution in [3.05, 3.63) is 29.8 Å². The standard InChI is InChI=1S/C23H32N4O3/c28-21-9-8-20(23(30)25-21)24-19-6-4-17(5-7-19)18-10-14-26(15-11-18)16-22(29)27-12-2-1-3-13-27/h4-7,18,20,24H,1-3,8-16H2,(H,25,28,30). The molecule has 1 aromatic carbocycles. The third-order valence-electron chi connectivity index (χ3n) is 6.62. The van der Waals surface area contributed by atoms with Crippen molar-refractivity contribution in [1.82, 2.24) is 15.1 Å². The number of imide groups is 1. The van der Waals surface area contributed by atoms with Gasteiger partial charge in [-0.15, -0.1) is 0 Å². The van der Waals surface area contributed by atoms with Crippen molar-refractivity contribution in [2.45, 2.75) is 56.9 Å². The van der Waals surface area contributed by atoms with Gasteiger partial charge in [0.1, 0.15) is 6.04 Å². The first-order valence-electron chi connectivity index (χ1n) is 11.3. The van der Waals surface area contributed by atoms with Gasteiger partial charge in [-0.1, -0.05) is 12.1 Å². The lowest BCUT2D eigenvalue weighted by atomic mass is 9.89. The van der Waals surface area contributed by atoms with Crippen LogP contribution in [0.2, 0.25) is 0 Å². The molecule has 3 fully saturated rings. The first kappa shape index (κ1) is 20.8. The minimum Gasteiger partial charge on any atom is -0.374 e. The number of anilines is 1. The molecule has 0 aromatic heterocycles. The molecule has 3 aliphatic heterocycles. The van der Waals surface area contributed by atoms with Gasteiger partial charge in [0.25, 0.3) is 0 Å². The lowest BCUT2D eigenvalue weighted by Crippen LogP contribution is -2.47. The van der Waals surface area contributed by atoms with E-state index >= 15 is 0 Å². The maximum atomic E-state index is 12.5. The van der Waals surface area contributed by atoms with Crippen LogP contribution in [0.15, 0.2) is 24.3 Å². The number of nitrogens with zero attached hydrogens (tertiary/aromatic N) is 2. The summed E-state index contributed by atoms with van der Waals surface area (Å²) >= 11 is 0. The van der Waals surface area contributed by atoms with Crippen molar-refractivity contribution in [2.75, 3.05) is 38.0 Å². The molecule has 3 amide bonds. The van der Waals surface area contributed by atoms with E-state index in [1.165, 1.54) is 12.0 Å². The van der Waals surface area contributed by atoms with Gasteiger partial charge in [-0.2, -0.15) is 0 Å². The molecule has 30 heavy (non-hydrogen) atoms. The Kier molecular flexibility index (Phi) is 6.67. The Morgan fingerprint density at radius 3 is 2.33 bits per heavy atom. The van der Waals surface area contributed by atoms with E-state index in [9.17, 15) is 14.4 Å². The zero-order valence-corrected chi connectivity index (χ0v) is 17.6. The minimum atomic E-state index is -0.353. The van der Waals surface area contributed by atoms with Gasteiger partial charge in [-0.25, -0.2) is 0 Å². The monoisotopic (exact) mass is 412 g/mol. The van der Waals surface area contributed by atoms with E-state index in [0.717, 1.165) is 57.5 Å². The van der Waals surface area contributed by atoms with Gasteiger partial charge in [0.15, 0.2) is 0 Å². The topological polar surface area (TPSA) is 81.8 Å². The average Bonchev–Trinajstić information content (AvgIpc) is 2.77. The molecule has 3 aliphatic rings. The lowest BCUT2D eigenvalue weighted by molar-refractivity contribution is -0.134. The summed E-state index contributed by atoms with van der Waals surface area (Å²) < 4.78 is 0. The third-order valence-corrected chi connectivity index (χ3v) is 6.62. The van der Waals surface area contributed by atoms with Gasteiger partial charge in [0.05, 0.1) is 6.54 Å². The summed E-state index contributed by atoms with van der Waals surface area (Å²) in [4.78, 5) is 40.0. The number of piperidine rings is 3. The van der Waals surface area contributed by atoms with E-state index in [1.807, 2.05) is 17.0 Å². The Morgan fingerprint density at radius 2 is 1.67 bits per heavy atom. The van der Waals surface area contributed by atoms with Crippen LogP contribution in [0.3, 0.4) is 0 Å². The van der Waals surface area contributed by atoms with Crippen molar-refractivity contribution >= 4 is 23.4 Å². The maximum Gasteiger partial charge on any atom is 0.249 e. The molecule has 1 atom stereocenters. The molecule has 0 aliphatic carbocycles. The van der Waals surface area contributed by atoms with Crippen LogP contribution in [-0.2, 0) is 14.4 Å². The Morgan fingerprint density at radius 1 is 0.967 bits per heavy atom. The van der Waals surface area contributed by atoms with Crippen molar-refractivity contribution in [3.63, 3.8) is 0 Å². The van der Waals surface area contributed by atoms with Crippen LogP contribution in [0.4, 0.5) is 5.69 Å². The number of carbonyl (C=O) groups excluding carboxylic acids is 3. The Labute approximate surface area is 178 Å². The van der Waals surface area contributed by atoms with Gasteiger partial charge in [-0.05, 0) is 75.2 Å². The highest BCUT2D eigenvalue weighted by atomic mass is 16.2. The predicted molar refractivity (Wildman–Crippen MR) is 115 cm³/mol. The Bertz CT molecular complexity index is 765. The summed E-state index contributed by atoms with van der Waals surface area (Å²) in [6, 6.07) is 7.95. The smallest absolute Gasteiger partial charge is 0.249 e. The second kappa shape index (κ2) is 9.60. The number of rotatable bonds is 5. The molecule has 162 valence electrons. The molecule has 7 nitrogen and oxygen atoms in total. The molecular weight excluding hydrogens is 380 g/mol. The number of likely N-dealkylation sites (tertiary alicyclic amines) is 2. The van der Waals surface area contributed by atoms with E-state index in [4.69, 9.17) is 0 Å². The van der Waals surface area contributed by atoms with Crippen LogP contribution < -0.4 is 10.6 Å². The molecule has 0 bridgehead atoms. The summed E-state index contributed by atoms with van der Waals surface area (Å²) in [7, 11) is 0. The lowest BCUT2D eigenvalue weighted by Gasteiger charge is -2.34. The second-order valence-electron chi connectivity index (χ2n) is 8.76. The highest BCUT2D eigenvalue weighted by Gasteiger charge is 2.27. The predicted octanol–water partition coefficient (Wildman–Crippen LogP) is 2.10. The van der Waals surface area contributed by atoms with Crippen LogP contribution in [0.5, 0.6) is 0 Å². The van der Waals surface area contributed by atoms with Gasteiger partial charge in [0, 0.05) is 25.2 Å². The van der Waals surface area contributed by atoms with E-state index in [2.05, 4.69) is 27.7 Å². The maximum absolute atomic E-state index is 12.5. The summed E-state index contributed by atoms with van der Waals surface area (Å²) in [6.07, 6.45) is 6.56. The molecule has 3 heterocycles. The largest absolute Gasteiger partial charge is 0.374 e. The van der Waals surface area contributed by atoms with E-state index in [-0.39, 0.29) is 23.8 Å². The molecule has 7 heteroatoms. The van der Waals surface area contributed by atoms with Crippen LogP contribution in [-0.4, -0.2) is 66.3 Å². The molecule has 0 spiro atoms. The Balaban J connectivity index is 1.24. The zero-order valence-electron chi connectivity index (χ0n) is 17.6. The third kappa shape index (κ3) is 5.19. The van der Waals surface area contributed by atoms with E-state index in [0.29, 0.717) is 25.3 Å². The van der Waals surface area contributed by atoms with Crippen LogP contribution in [0, 0.1) is 0 Å². The van der Waals surface area contributed by atoms with E-state index in [1.54, 1.807) is 0 Å². The van der Waals surface area contributed by atoms with E-state index < -0.39 is 0 Å². The number of benzene rings is 1. The molecule has 3 saturated heterocycles. The number of hydrogen-bond acceptors (Lipinski definition) is 5. The summed E-state index contributed by atoms with van der Waals surface area (Å²) in [6.45, 7) is 4.32. The van der Waals surface area contributed by atoms with Crippen molar-refractivity contribution in [1.29, 1.82) is 0 Å². The summed E-state index contributed by atoms with van der Waals surface area (Å²) in [5.74, 6) is 0.354. The fraction of sp³-hybridized carbons (Fsp3) is 0.609. The SMILES string of the molecule is O=C1CCC(Nc2ccc(C3CCN(CC(=O)N4CCCCC4)CC3)cc2)C(=O)N1. The molecule has 1 unspecified atom stereocenters.